The first-order valence-corrected chi connectivity index (χ1v) is 8.94. The maximum atomic E-state index is 12.6. The van der Waals surface area contributed by atoms with Gasteiger partial charge in [-0.2, -0.15) is 0 Å². The van der Waals surface area contributed by atoms with Gasteiger partial charge in [0.2, 0.25) is 0 Å². The molecule has 132 valence electrons. The zero-order chi connectivity index (χ0) is 18.0. The Labute approximate surface area is 148 Å². The van der Waals surface area contributed by atoms with Gasteiger partial charge in [-0.1, -0.05) is 26.3 Å². The van der Waals surface area contributed by atoms with Crippen molar-refractivity contribution in [3.05, 3.63) is 48.5 Å². The van der Waals surface area contributed by atoms with Crippen LogP contribution in [0.15, 0.2) is 42.9 Å². The van der Waals surface area contributed by atoms with Crippen LogP contribution in [-0.2, 0) is 0 Å². The molecule has 0 aliphatic carbocycles. The molecule has 1 N–H and O–H groups in total. The van der Waals surface area contributed by atoms with Gasteiger partial charge in [-0.15, -0.1) is 0 Å². The number of carbonyl (C=O) groups is 1. The zero-order valence-corrected chi connectivity index (χ0v) is 15.4. The largest absolute Gasteiger partial charge is 0.351 e. The lowest BCUT2D eigenvalue weighted by Gasteiger charge is -2.08. The van der Waals surface area contributed by atoms with Crippen LogP contribution in [0.4, 0.5) is 0 Å². The molecule has 0 fully saturated rings. The Bertz CT molecular complexity index is 875. The molecule has 3 aromatic rings. The number of aromatic nitrogens is 3. The lowest BCUT2D eigenvalue weighted by molar-refractivity contribution is 0.0945. The Morgan fingerprint density at radius 3 is 2.68 bits per heavy atom. The predicted molar refractivity (Wildman–Crippen MR) is 101 cm³/mol. The van der Waals surface area contributed by atoms with E-state index in [1.165, 1.54) is 0 Å². The summed E-state index contributed by atoms with van der Waals surface area (Å²) >= 11 is 0. The van der Waals surface area contributed by atoms with Gasteiger partial charge in [-0.05, 0) is 38.0 Å². The number of imidazole rings is 1. The number of nitrogens with zero attached hydrogens (tertiary/aromatic N) is 3. The second-order valence-corrected chi connectivity index (χ2v) is 6.90. The molecule has 0 aliphatic heterocycles. The molecule has 0 radical (unpaired) electrons. The highest BCUT2D eigenvalue weighted by molar-refractivity contribution is 6.00. The fraction of sp³-hybridized carbons (Fsp3) is 0.400. The summed E-state index contributed by atoms with van der Waals surface area (Å²) in [4.78, 5) is 17.3. The van der Waals surface area contributed by atoms with Crippen molar-refractivity contribution in [1.29, 1.82) is 0 Å². The highest BCUT2D eigenvalue weighted by Gasteiger charge is 2.19. The maximum Gasteiger partial charge on any atom is 0.272 e. The molecule has 1 atom stereocenters. The lowest BCUT2D eigenvalue weighted by Crippen LogP contribution is -2.28. The van der Waals surface area contributed by atoms with Crippen molar-refractivity contribution in [2.45, 2.75) is 40.2 Å². The molecule has 0 spiro atoms. The number of hydrogen-bond donors (Lipinski definition) is 1. The van der Waals surface area contributed by atoms with Gasteiger partial charge in [0.1, 0.15) is 5.82 Å². The van der Waals surface area contributed by atoms with Crippen molar-refractivity contribution in [2.75, 3.05) is 6.54 Å². The summed E-state index contributed by atoms with van der Waals surface area (Å²) in [5.74, 6) is 1.14. The van der Waals surface area contributed by atoms with Gasteiger partial charge in [-0.25, -0.2) is 4.98 Å². The molecular weight excluding hydrogens is 312 g/mol. The first kappa shape index (κ1) is 17.3. The van der Waals surface area contributed by atoms with Crippen molar-refractivity contribution in [2.24, 2.45) is 5.92 Å². The standard InChI is InChI=1S/C20H26N4O/c1-5-15(4)12-21-20(25)18-17-8-6-7-10-24(17)19(22-18)16-9-11-23(13-16)14(2)3/h6-11,13-15H,5,12H2,1-4H3,(H,21,25)/t15-/m1/s1. The van der Waals surface area contributed by atoms with Gasteiger partial charge in [0, 0.05) is 36.7 Å². The molecule has 3 rings (SSSR count). The van der Waals surface area contributed by atoms with E-state index in [0.717, 1.165) is 23.3 Å². The van der Waals surface area contributed by atoms with Gasteiger partial charge in [0.25, 0.3) is 5.91 Å². The van der Waals surface area contributed by atoms with Crippen LogP contribution >= 0.6 is 0 Å². The summed E-state index contributed by atoms with van der Waals surface area (Å²) in [7, 11) is 0. The highest BCUT2D eigenvalue weighted by atomic mass is 16.1. The SMILES string of the molecule is CC[C@@H](C)CNC(=O)c1nc(-c2ccn(C(C)C)c2)n2ccccc12. The van der Waals surface area contributed by atoms with Crippen molar-refractivity contribution in [1.82, 2.24) is 19.3 Å². The highest BCUT2D eigenvalue weighted by Crippen LogP contribution is 2.24. The van der Waals surface area contributed by atoms with E-state index in [0.29, 0.717) is 24.2 Å². The third kappa shape index (κ3) is 3.45. The zero-order valence-electron chi connectivity index (χ0n) is 15.4. The van der Waals surface area contributed by atoms with Crippen molar-refractivity contribution in [3.8, 4) is 11.4 Å². The van der Waals surface area contributed by atoms with Crippen LogP contribution < -0.4 is 5.32 Å². The van der Waals surface area contributed by atoms with Crippen LogP contribution in [0.5, 0.6) is 0 Å². The summed E-state index contributed by atoms with van der Waals surface area (Å²) in [5.41, 5.74) is 2.32. The minimum absolute atomic E-state index is 0.112. The summed E-state index contributed by atoms with van der Waals surface area (Å²) in [6, 6.07) is 8.26. The van der Waals surface area contributed by atoms with Gasteiger partial charge >= 0.3 is 0 Å². The molecular formula is C20H26N4O. The third-order valence-electron chi connectivity index (χ3n) is 4.64. The number of carbonyl (C=O) groups excluding carboxylic acids is 1. The maximum absolute atomic E-state index is 12.6. The second kappa shape index (κ2) is 7.13. The molecule has 25 heavy (non-hydrogen) atoms. The summed E-state index contributed by atoms with van der Waals surface area (Å²) in [6.07, 6.45) is 7.12. The molecule has 5 heteroatoms. The van der Waals surface area contributed by atoms with E-state index >= 15 is 0 Å². The molecule has 1 amide bonds. The Morgan fingerprint density at radius 1 is 1.20 bits per heavy atom. The average Bonchev–Trinajstić information content (AvgIpc) is 3.24. The average molecular weight is 338 g/mol. The Morgan fingerprint density at radius 2 is 2.00 bits per heavy atom. The smallest absolute Gasteiger partial charge is 0.272 e. The fourth-order valence-corrected chi connectivity index (χ4v) is 2.77. The topological polar surface area (TPSA) is 51.3 Å². The first-order chi connectivity index (χ1) is 12.0. The Kier molecular flexibility index (Phi) is 4.93. The molecule has 0 unspecified atom stereocenters. The van der Waals surface area contributed by atoms with E-state index in [4.69, 9.17) is 0 Å². The van der Waals surface area contributed by atoms with E-state index in [-0.39, 0.29) is 5.91 Å². The third-order valence-corrected chi connectivity index (χ3v) is 4.64. The summed E-state index contributed by atoms with van der Waals surface area (Å²) in [6.45, 7) is 9.20. The number of hydrogen-bond acceptors (Lipinski definition) is 2. The fourth-order valence-electron chi connectivity index (χ4n) is 2.77. The van der Waals surface area contributed by atoms with Crippen LogP contribution in [-0.4, -0.2) is 26.4 Å². The molecule has 5 nitrogen and oxygen atoms in total. The van der Waals surface area contributed by atoms with Crippen LogP contribution in [0, 0.1) is 5.92 Å². The summed E-state index contributed by atoms with van der Waals surface area (Å²) in [5, 5.41) is 3.01. The lowest BCUT2D eigenvalue weighted by atomic mass is 10.1. The number of rotatable bonds is 6. The second-order valence-electron chi connectivity index (χ2n) is 6.90. The van der Waals surface area contributed by atoms with Crippen molar-refractivity contribution >= 4 is 11.4 Å². The van der Waals surface area contributed by atoms with E-state index in [9.17, 15) is 4.79 Å². The van der Waals surface area contributed by atoms with Gasteiger partial charge in [0.15, 0.2) is 5.69 Å². The van der Waals surface area contributed by atoms with E-state index < -0.39 is 0 Å². The van der Waals surface area contributed by atoms with Gasteiger partial charge in [-0.3, -0.25) is 9.20 Å². The Balaban J connectivity index is 1.99. The number of amides is 1. The molecule has 0 bridgehead atoms. The van der Waals surface area contributed by atoms with Crippen molar-refractivity contribution in [3.63, 3.8) is 0 Å². The first-order valence-electron chi connectivity index (χ1n) is 8.94. The minimum Gasteiger partial charge on any atom is -0.351 e. The normalized spacial score (nSPS) is 12.7. The minimum atomic E-state index is -0.112. The molecule has 0 aromatic carbocycles. The van der Waals surface area contributed by atoms with Crippen LogP contribution in [0.1, 0.15) is 50.6 Å². The molecule has 3 heterocycles. The molecule has 0 saturated heterocycles. The van der Waals surface area contributed by atoms with Gasteiger partial charge in [0.05, 0.1) is 5.52 Å². The van der Waals surface area contributed by atoms with E-state index in [2.05, 4.69) is 48.8 Å². The molecule has 0 saturated carbocycles. The van der Waals surface area contributed by atoms with Crippen LogP contribution in [0.25, 0.3) is 16.9 Å². The molecule has 0 aliphatic rings. The number of fused-ring (bicyclic) bond motifs is 1. The number of nitrogens with one attached hydrogen (secondary N) is 1. The monoisotopic (exact) mass is 338 g/mol. The quantitative estimate of drug-likeness (QED) is 0.734. The van der Waals surface area contributed by atoms with Crippen molar-refractivity contribution < 1.29 is 4.79 Å². The van der Waals surface area contributed by atoms with Crippen LogP contribution in [0.3, 0.4) is 0 Å². The van der Waals surface area contributed by atoms with E-state index in [1.807, 2.05) is 41.1 Å². The Hall–Kier alpha value is -2.56. The number of pyridine rings is 1. The van der Waals surface area contributed by atoms with Crippen LogP contribution in [0.2, 0.25) is 0 Å². The summed E-state index contributed by atoms with van der Waals surface area (Å²) < 4.78 is 4.13. The molecule has 3 aromatic heterocycles. The van der Waals surface area contributed by atoms with E-state index in [1.54, 1.807) is 0 Å². The predicted octanol–water partition coefficient (Wildman–Crippen LogP) is 4.16. The van der Waals surface area contributed by atoms with Gasteiger partial charge < -0.3 is 9.88 Å².